The third kappa shape index (κ3) is 5.33. The summed E-state index contributed by atoms with van der Waals surface area (Å²) in [6.07, 6.45) is -1.43. The summed E-state index contributed by atoms with van der Waals surface area (Å²) in [6.45, 7) is 2.81. The van der Waals surface area contributed by atoms with E-state index in [1.165, 1.54) is 0 Å². The van der Waals surface area contributed by atoms with Gasteiger partial charge in [0.15, 0.2) is 0 Å². The Bertz CT molecular complexity index is 369. The van der Waals surface area contributed by atoms with Gasteiger partial charge in [0.2, 0.25) is 0 Å². The second-order valence-corrected chi connectivity index (χ2v) is 3.84. The van der Waals surface area contributed by atoms with Gasteiger partial charge in [-0.05, 0) is 18.1 Å². The summed E-state index contributed by atoms with van der Waals surface area (Å²) in [5.74, 6) is 0. The van der Waals surface area contributed by atoms with Crippen LogP contribution in [-0.4, -0.2) is 29.1 Å². The Morgan fingerprint density at radius 3 is 2.76 bits per heavy atom. The first-order chi connectivity index (χ1) is 8.09. The van der Waals surface area contributed by atoms with Crippen LogP contribution in [0, 0.1) is 6.92 Å². The fourth-order valence-electron chi connectivity index (χ4n) is 1.45. The third-order valence-corrected chi connectivity index (χ3v) is 2.48. The summed E-state index contributed by atoms with van der Waals surface area (Å²) in [5, 5.41) is 23.1. The molecule has 17 heavy (non-hydrogen) atoms. The number of aliphatic hydroxyl groups is 1. The van der Waals surface area contributed by atoms with E-state index < -0.39 is 12.3 Å². The normalized spacial score (nSPS) is 12.1. The molecular formula is C12H18N2O3. The molecule has 1 aromatic carbocycles. The van der Waals surface area contributed by atoms with Crippen LogP contribution in [0.2, 0.25) is 0 Å². The van der Waals surface area contributed by atoms with E-state index in [4.69, 9.17) is 5.11 Å². The molecule has 4 N–H and O–H groups in total. The standard InChI is InChI=1S/C12H18N2O3/c1-9-4-2-3-5-10(9)8-14-11(15)6-7-13-12(16)17/h2-5,11,13-15H,6-8H2,1H3,(H,16,17). The highest BCUT2D eigenvalue weighted by molar-refractivity contribution is 5.64. The molecule has 0 radical (unpaired) electrons. The predicted molar refractivity (Wildman–Crippen MR) is 64.7 cm³/mol. The van der Waals surface area contributed by atoms with Crippen LogP contribution in [0.25, 0.3) is 0 Å². The monoisotopic (exact) mass is 238 g/mol. The van der Waals surface area contributed by atoms with E-state index in [2.05, 4.69) is 10.6 Å². The molecule has 1 rings (SSSR count). The van der Waals surface area contributed by atoms with Crippen molar-refractivity contribution < 1.29 is 15.0 Å². The molecule has 5 heteroatoms. The number of carboxylic acid groups (broad SMARTS) is 1. The molecule has 0 bridgehead atoms. The number of rotatable bonds is 6. The maximum Gasteiger partial charge on any atom is 0.404 e. The molecule has 0 heterocycles. The Labute approximate surface area is 100 Å². The molecule has 0 fully saturated rings. The fourth-order valence-corrected chi connectivity index (χ4v) is 1.45. The van der Waals surface area contributed by atoms with Crippen molar-refractivity contribution in [2.24, 2.45) is 0 Å². The summed E-state index contributed by atoms with van der Waals surface area (Å²) in [6, 6.07) is 7.91. The summed E-state index contributed by atoms with van der Waals surface area (Å²) in [5.41, 5.74) is 2.29. The van der Waals surface area contributed by atoms with Gasteiger partial charge in [0.1, 0.15) is 6.23 Å². The SMILES string of the molecule is Cc1ccccc1CNC(O)CCNC(=O)O. The molecule has 1 unspecified atom stereocenters. The summed E-state index contributed by atoms with van der Waals surface area (Å²) in [4.78, 5) is 10.2. The van der Waals surface area contributed by atoms with Crippen molar-refractivity contribution in [2.75, 3.05) is 6.54 Å². The zero-order valence-electron chi connectivity index (χ0n) is 9.81. The molecule has 1 atom stereocenters. The van der Waals surface area contributed by atoms with Gasteiger partial charge in [0, 0.05) is 19.5 Å². The number of aryl methyl sites for hydroxylation is 1. The number of carbonyl (C=O) groups is 1. The lowest BCUT2D eigenvalue weighted by Gasteiger charge is -2.13. The van der Waals surface area contributed by atoms with E-state index in [1.54, 1.807) is 0 Å². The molecule has 1 aromatic rings. The van der Waals surface area contributed by atoms with E-state index >= 15 is 0 Å². The van der Waals surface area contributed by atoms with Crippen LogP contribution in [0.5, 0.6) is 0 Å². The molecule has 0 aromatic heterocycles. The number of amides is 1. The minimum Gasteiger partial charge on any atom is -0.465 e. The topological polar surface area (TPSA) is 81.6 Å². The minimum atomic E-state index is -1.07. The Morgan fingerprint density at radius 1 is 1.41 bits per heavy atom. The summed E-state index contributed by atoms with van der Waals surface area (Å²) in [7, 11) is 0. The molecule has 0 spiro atoms. The molecule has 5 nitrogen and oxygen atoms in total. The first kappa shape index (κ1) is 13.5. The van der Waals surface area contributed by atoms with Crippen molar-refractivity contribution in [2.45, 2.75) is 26.1 Å². The number of hydrogen-bond acceptors (Lipinski definition) is 3. The molecule has 0 aliphatic rings. The Hall–Kier alpha value is -1.59. The van der Waals surface area contributed by atoms with Crippen LogP contribution < -0.4 is 10.6 Å². The maximum atomic E-state index is 10.2. The van der Waals surface area contributed by atoms with Gasteiger partial charge in [-0.3, -0.25) is 5.32 Å². The number of benzene rings is 1. The molecule has 0 saturated carbocycles. The van der Waals surface area contributed by atoms with Crippen LogP contribution in [0.15, 0.2) is 24.3 Å². The largest absolute Gasteiger partial charge is 0.465 e. The van der Waals surface area contributed by atoms with Crippen molar-refractivity contribution in [1.82, 2.24) is 10.6 Å². The molecular weight excluding hydrogens is 220 g/mol. The number of aliphatic hydroxyl groups excluding tert-OH is 1. The Balaban J connectivity index is 2.26. The van der Waals surface area contributed by atoms with E-state index in [0.717, 1.165) is 11.1 Å². The first-order valence-electron chi connectivity index (χ1n) is 5.52. The van der Waals surface area contributed by atoms with Gasteiger partial charge < -0.3 is 15.5 Å². The first-order valence-corrected chi connectivity index (χ1v) is 5.52. The second-order valence-electron chi connectivity index (χ2n) is 3.84. The van der Waals surface area contributed by atoms with Gasteiger partial charge in [-0.1, -0.05) is 24.3 Å². The van der Waals surface area contributed by atoms with Gasteiger partial charge in [-0.2, -0.15) is 0 Å². The number of hydrogen-bond donors (Lipinski definition) is 4. The summed E-state index contributed by atoms with van der Waals surface area (Å²) >= 11 is 0. The van der Waals surface area contributed by atoms with Gasteiger partial charge >= 0.3 is 6.09 Å². The minimum absolute atomic E-state index is 0.233. The summed E-state index contributed by atoms with van der Waals surface area (Å²) < 4.78 is 0. The zero-order chi connectivity index (χ0) is 12.7. The van der Waals surface area contributed by atoms with Crippen molar-refractivity contribution >= 4 is 6.09 Å². The van der Waals surface area contributed by atoms with Crippen LogP contribution in [0.3, 0.4) is 0 Å². The van der Waals surface area contributed by atoms with Crippen LogP contribution in [-0.2, 0) is 6.54 Å². The third-order valence-electron chi connectivity index (χ3n) is 2.48. The molecule has 94 valence electrons. The Morgan fingerprint density at radius 2 is 2.12 bits per heavy atom. The highest BCUT2D eigenvalue weighted by Crippen LogP contribution is 2.06. The van der Waals surface area contributed by atoms with Crippen molar-refractivity contribution in [3.05, 3.63) is 35.4 Å². The van der Waals surface area contributed by atoms with Crippen LogP contribution in [0.4, 0.5) is 4.79 Å². The van der Waals surface area contributed by atoms with Gasteiger partial charge in [-0.25, -0.2) is 4.79 Å². The quantitative estimate of drug-likeness (QED) is 0.559. The van der Waals surface area contributed by atoms with E-state index in [-0.39, 0.29) is 6.54 Å². The highest BCUT2D eigenvalue weighted by atomic mass is 16.4. The lowest BCUT2D eigenvalue weighted by atomic mass is 10.1. The highest BCUT2D eigenvalue weighted by Gasteiger charge is 2.05. The van der Waals surface area contributed by atoms with E-state index in [0.29, 0.717) is 13.0 Å². The lowest BCUT2D eigenvalue weighted by Crippen LogP contribution is -2.33. The van der Waals surface area contributed by atoms with Crippen LogP contribution >= 0.6 is 0 Å². The fraction of sp³-hybridized carbons (Fsp3) is 0.417. The molecule has 1 amide bonds. The number of nitrogens with one attached hydrogen (secondary N) is 2. The average molecular weight is 238 g/mol. The molecule has 0 aliphatic heterocycles. The van der Waals surface area contributed by atoms with Crippen molar-refractivity contribution in [3.63, 3.8) is 0 Å². The van der Waals surface area contributed by atoms with Gasteiger partial charge in [0.05, 0.1) is 0 Å². The van der Waals surface area contributed by atoms with Crippen molar-refractivity contribution in [1.29, 1.82) is 0 Å². The lowest BCUT2D eigenvalue weighted by molar-refractivity contribution is 0.124. The van der Waals surface area contributed by atoms with E-state index in [1.807, 2.05) is 31.2 Å². The predicted octanol–water partition coefficient (Wildman–Crippen LogP) is 1.06. The smallest absolute Gasteiger partial charge is 0.404 e. The van der Waals surface area contributed by atoms with Crippen LogP contribution in [0.1, 0.15) is 17.5 Å². The van der Waals surface area contributed by atoms with Crippen molar-refractivity contribution in [3.8, 4) is 0 Å². The van der Waals surface area contributed by atoms with Gasteiger partial charge in [-0.15, -0.1) is 0 Å². The molecule has 0 saturated heterocycles. The average Bonchev–Trinajstić information content (AvgIpc) is 2.27. The zero-order valence-corrected chi connectivity index (χ0v) is 9.81. The molecule has 0 aliphatic carbocycles. The Kier molecular flexibility index (Phi) is 5.45. The van der Waals surface area contributed by atoms with E-state index in [9.17, 15) is 9.90 Å². The van der Waals surface area contributed by atoms with Gasteiger partial charge in [0.25, 0.3) is 0 Å². The second kappa shape index (κ2) is 6.88. The maximum absolute atomic E-state index is 10.2.